The van der Waals surface area contributed by atoms with Crippen molar-refractivity contribution in [1.29, 1.82) is 0 Å². The van der Waals surface area contributed by atoms with Crippen LogP contribution in [0.5, 0.6) is 0 Å². The third-order valence-electron chi connectivity index (χ3n) is 9.99. The van der Waals surface area contributed by atoms with Crippen LogP contribution in [-0.2, 0) is 0 Å². The first-order valence-electron chi connectivity index (χ1n) is 17.3. The van der Waals surface area contributed by atoms with E-state index >= 15 is 0 Å². The van der Waals surface area contributed by atoms with Gasteiger partial charge in [-0.05, 0) is 75.5 Å². The lowest BCUT2D eigenvalue weighted by molar-refractivity contribution is 1.18. The number of aromatic nitrogens is 3. The van der Waals surface area contributed by atoms with Crippen molar-refractivity contribution in [3.05, 3.63) is 188 Å². The molecule has 238 valence electrons. The molecule has 3 nitrogen and oxygen atoms in total. The van der Waals surface area contributed by atoms with Gasteiger partial charge in [0.1, 0.15) is 0 Å². The van der Waals surface area contributed by atoms with Gasteiger partial charge in [0.25, 0.3) is 0 Å². The van der Waals surface area contributed by atoms with Crippen LogP contribution < -0.4 is 0 Å². The zero-order valence-electron chi connectivity index (χ0n) is 27.7. The van der Waals surface area contributed by atoms with Crippen LogP contribution in [0.2, 0.25) is 0 Å². The van der Waals surface area contributed by atoms with Gasteiger partial charge in [-0.2, -0.15) is 0 Å². The standard InChI is InChI=1S/C48H31N3/c1-3-12-34(13-4-1)47-43-30-38(39-25-27-42-41-17-9-10-18-45(41)51(46(42)31-39)40-15-5-2-6-16-40)26-28-44(43)49-48(50-47)35-22-19-33(20-23-35)37-24-21-32-11-7-8-14-36(32)29-37/h1-31H. The Morgan fingerprint density at radius 2 is 0.941 bits per heavy atom. The fourth-order valence-electron chi connectivity index (χ4n) is 7.44. The summed E-state index contributed by atoms with van der Waals surface area (Å²) >= 11 is 0. The molecule has 0 amide bonds. The van der Waals surface area contributed by atoms with Gasteiger partial charge in [-0.15, -0.1) is 0 Å². The molecule has 10 aromatic rings. The molecule has 0 aliphatic carbocycles. The minimum absolute atomic E-state index is 0.716. The molecule has 0 aliphatic rings. The highest BCUT2D eigenvalue weighted by molar-refractivity contribution is 6.10. The first-order valence-corrected chi connectivity index (χ1v) is 17.3. The van der Waals surface area contributed by atoms with Crippen molar-refractivity contribution in [2.45, 2.75) is 0 Å². The van der Waals surface area contributed by atoms with Gasteiger partial charge in [0.15, 0.2) is 5.82 Å². The second kappa shape index (κ2) is 11.9. The normalized spacial score (nSPS) is 11.5. The van der Waals surface area contributed by atoms with Crippen LogP contribution in [0.3, 0.4) is 0 Å². The molecule has 0 atom stereocenters. The quantitative estimate of drug-likeness (QED) is 0.186. The Kier molecular flexibility index (Phi) is 6.81. The number of benzene rings is 8. The van der Waals surface area contributed by atoms with Crippen molar-refractivity contribution >= 4 is 43.5 Å². The maximum absolute atomic E-state index is 5.24. The minimum atomic E-state index is 0.716. The number of rotatable bonds is 5. The molecule has 0 fully saturated rings. The van der Waals surface area contributed by atoms with Crippen LogP contribution in [-0.4, -0.2) is 14.5 Å². The van der Waals surface area contributed by atoms with Gasteiger partial charge in [0.2, 0.25) is 0 Å². The summed E-state index contributed by atoms with van der Waals surface area (Å²) in [6.45, 7) is 0. The molecule has 8 aromatic carbocycles. The Hall–Kier alpha value is -6.84. The molecule has 2 heterocycles. The van der Waals surface area contributed by atoms with E-state index in [1.54, 1.807) is 0 Å². The molecule has 0 radical (unpaired) electrons. The average Bonchev–Trinajstić information content (AvgIpc) is 3.54. The number of fused-ring (bicyclic) bond motifs is 5. The zero-order valence-corrected chi connectivity index (χ0v) is 27.7. The molecule has 10 rings (SSSR count). The molecule has 0 saturated heterocycles. The minimum Gasteiger partial charge on any atom is -0.309 e. The smallest absolute Gasteiger partial charge is 0.160 e. The van der Waals surface area contributed by atoms with E-state index in [9.17, 15) is 0 Å². The van der Waals surface area contributed by atoms with E-state index in [4.69, 9.17) is 9.97 Å². The predicted octanol–water partition coefficient (Wildman–Crippen LogP) is 12.5. The Bertz CT molecular complexity index is 2890. The fourth-order valence-corrected chi connectivity index (χ4v) is 7.44. The van der Waals surface area contributed by atoms with E-state index in [1.807, 2.05) is 6.07 Å². The van der Waals surface area contributed by atoms with Gasteiger partial charge in [0.05, 0.1) is 22.2 Å². The summed E-state index contributed by atoms with van der Waals surface area (Å²) in [6.07, 6.45) is 0. The van der Waals surface area contributed by atoms with Crippen molar-refractivity contribution in [1.82, 2.24) is 14.5 Å². The van der Waals surface area contributed by atoms with Gasteiger partial charge in [-0.25, -0.2) is 9.97 Å². The number of hydrogen-bond donors (Lipinski definition) is 0. The second-order valence-corrected chi connectivity index (χ2v) is 13.1. The number of hydrogen-bond acceptors (Lipinski definition) is 2. The van der Waals surface area contributed by atoms with Crippen molar-refractivity contribution in [3.8, 4) is 50.6 Å². The van der Waals surface area contributed by atoms with E-state index < -0.39 is 0 Å². The zero-order chi connectivity index (χ0) is 33.7. The monoisotopic (exact) mass is 649 g/mol. The summed E-state index contributed by atoms with van der Waals surface area (Å²) in [6, 6.07) is 66.8. The summed E-state index contributed by atoms with van der Waals surface area (Å²) in [5.41, 5.74) is 12.1. The van der Waals surface area contributed by atoms with Crippen LogP contribution in [0.15, 0.2) is 188 Å². The molecule has 0 N–H and O–H groups in total. The van der Waals surface area contributed by atoms with Crippen LogP contribution in [0.1, 0.15) is 0 Å². The van der Waals surface area contributed by atoms with E-state index in [0.29, 0.717) is 5.82 Å². The maximum atomic E-state index is 5.24. The lowest BCUT2D eigenvalue weighted by atomic mass is 9.98. The average molecular weight is 650 g/mol. The molecule has 0 spiro atoms. The highest BCUT2D eigenvalue weighted by Crippen LogP contribution is 2.37. The molecule has 3 heteroatoms. The third-order valence-corrected chi connectivity index (χ3v) is 9.99. The van der Waals surface area contributed by atoms with Crippen LogP contribution in [0.25, 0.3) is 94.1 Å². The SMILES string of the molecule is c1ccc(-c2nc(-c3ccc(-c4ccc5ccccc5c4)cc3)nc3ccc(-c4ccc5c6ccccc6n(-c6ccccc6)c5c4)cc23)cc1. The number of para-hydroxylation sites is 2. The molecular formula is C48H31N3. The molecule has 0 aliphatic heterocycles. The lowest BCUT2D eigenvalue weighted by Crippen LogP contribution is -1.96. The summed E-state index contributed by atoms with van der Waals surface area (Å²) in [5.74, 6) is 0.716. The molecule has 51 heavy (non-hydrogen) atoms. The summed E-state index contributed by atoms with van der Waals surface area (Å²) in [5, 5.41) is 6.00. The van der Waals surface area contributed by atoms with Crippen molar-refractivity contribution in [3.63, 3.8) is 0 Å². The highest BCUT2D eigenvalue weighted by Gasteiger charge is 2.16. The van der Waals surface area contributed by atoms with E-state index in [1.165, 1.54) is 43.7 Å². The van der Waals surface area contributed by atoms with Gasteiger partial charge in [0, 0.05) is 33.0 Å². The Balaban J connectivity index is 1.09. The van der Waals surface area contributed by atoms with Gasteiger partial charge >= 0.3 is 0 Å². The maximum Gasteiger partial charge on any atom is 0.160 e. The van der Waals surface area contributed by atoms with Crippen molar-refractivity contribution in [2.75, 3.05) is 0 Å². The molecular weight excluding hydrogens is 619 g/mol. The molecule has 0 bridgehead atoms. The number of nitrogens with zero attached hydrogens (tertiary/aromatic N) is 3. The van der Waals surface area contributed by atoms with E-state index in [2.05, 4.69) is 187 Å². The summed E-state index contributed by atoms with van der Waals surface area (Å²) in [4.78, 5) is 10.4. The van der Waals surface area contributed by atoms with Gasteiger partial charge < -0.3 is 4.57 Å². The topological polar surface area (TPSA) is 30.7 Å². The first kappa shape index (κ1) is 29.1. The van der Waals surface area contributed by atoms with Crippen LogP contribution in [0.4, 0.5) is 0 Å². The van der Waals surface area contributed by atoms with Crippen LogP contribution in [0, 0.1) is 0 Å². The Morgan fingerprint density at radius 3 is 1.78 bits per heavy atom. The second-order valence-electron chi connectivity index (χ2n) is 13.1. The molecule has 0 unspecified atom stereocenters. The third kappa shape index (κ3) is 5.06. The van der Waals surface area contributed by atoms with Gasteiger partial charge in [-0.3, -0.25) is 0 Å². The van der Waals surface area contributed by atoms with E-state index in [-0.39, 0.29) is 0 Å². The summed E-state index contributed by atoms with van der Waals surface area (Å²) < 4.78 is 2.37. The Morgan fingerprint density at radius 1 is 0.333 bits per heavy atom. The molecule has 0 saturated carbocycles. The Labute approximate surface area is 295 Å². The molecule has 2 aromatic heterocycles. The summed E-state index contributed by atoms with van der Waals surface area (Å²) in [7, 11) is 0. The van der Waals surface area contributed by atoms with Gasteiger partial charge in [-0.1, -0.05) is 146 Å². The van der Waals surface area contributed by atoms with Crippen LogP contribution >= 0.6 is 0 Å². The fraction of sp³-hybridized carbons (Fsp3) is 0. The first-order chi connectivity index (χ1) is 25.3. The largest absolute Gasteiger partial charge is 0.309 e. The highest BCUT2D eigenvalue weighted by atomic mass is 15.0. The predicted molar refractivity (Wildman–Crippen MR) is 213 cm³/mol. The lowest BCUT2D eigenvalue weighted by Gasteiger charge is -2.12. The van der Waals surface area contributed by atoms with E-state index in [0.717, 1.165) is 44.5 Å². The van der Waals surface area contributed by atoms with Crippen molar-refractivity contribution < 1.29 is 0 Å². The van der Waals surface area contributed by atoms with Crippen molar-refractivity contribution in [2.24, 2.45) is 0 Å².